The number of rotatable bonds is 3. The minimum absolute atomic E-state index is 0.650. The summed E-state index contributed by atoms with van der Waals surface area (Å²) in [5.41, 5.74) is 7.91. The Balaban J connectivity index is 1.71. The van der Waals surface area contributed by atoms with E-state index in [1.807, 2.05) is 61.5 Å². The minimum Gasteiger partial charge on any atom is -0.456 e. The van der Waals surface area contributed by atoms with Gasteiger partial charge in [-0.3, -0.25) is 5.43 Å². The molecule has 0 radical (unpaired) electrons. The number of aromatic nitrogens is 2. The van der Waals surface area contributed by atoms with E-state index >= 15 is 0 Å². The molecule has 5 rings (SSSR count). The lowest BCUT2D eigenvalue weighted by atomic mass is 10.1. The smallest absolute Gasteiger partial charge is 0.157 e. The molecule has 0 amide bonds. The SMILES string of the molecule is Cc1cc(C)c2oc(-c3ccc(Cl)cc3)c/c(=N\Nc3ncnc4ccccc34)c2c1. The molecule has 1 N–H and O–H groups in total. The standard InChI is InChI=1S/C25H19ClN4O/c1-15-11-16(2)24-20(12-15)22(13-23(31-24)17-7-9-18(26)10-8-17)29-30-25-19-5-3-4-6-21(19)27-14-28-25/h3-14H,1-2H3,(H,27,28,30)/b29-22+. The van der Waals surface area contributed by atoms with Gasteiger partial charge in [0.25, 0.3) is 0 Å². The number of hydrogen-bond donors (Lipinski definition) is 1. The molecule has 0 unspecified atom stereocenters. The molecule has 0 aliphatic rings. The predicted molar refractivity (Wildman–Crippen MR) is 125 cm³/mol. The number of aryl methyl sites for hydroxylation is 2. The summed E-state index contributed by atoms with van der Waals surface area (Å²) in [4.78, 5) is 8.69. The Bertz CT molecular complexity index is 1480. The van der Waals surface area contributed by atoms with Gasteiger partial charge in [0.1, 0.15) is 17.7 Å². The summed E-state index contributed by atoms with van der Waals surface area (Å²) in [6.07, 6.45) is 1.53. The first-order valence-electron chi connectivity index (χ1n) is 9.89. The highest BCUT2D eigenvalue weighted by molar-refractivity contribution is 6.30. The predicted octanol–water partition coefficient (Wildman–Crippen LogP) is 6.24. The summed E-state index contributed by atoms with van der Waals surface area (Å²) in [5, 5.41) is 8.00. The molecule has 5 aromatic rings. The van der Waals surface area contributed by atoms with Crippen molar-refractivity contribution in [3.63, 3.8) is 0 Å². The molecule has 2 heterocycles. The second-order valence-electron chi connectivity index (χ2n) is 7.42. The van der Waals surface area contributed by atoms with Gasteiger partial charge in [-0.1, -0.05) is 29.8 Å². The fraction of sp³-hybridized carbons (Fsp3) is 0.0800. The van der Waals surface area contributed by atoms with Crippen LogP contribution in [-0.4, -0.2) is 9.97 Å². The molecule has 0 aliphatic heterocycles. The van der Waals surface area contributed by atoms with Crippen LogP contribution in [0.5, 0.6) is 0 Å². The average Bonchev–Trinajstić information content (AvgIpc) is 2.78. The van der Waals surface area contributed by atoms with Crippen LogP contribution in [0.1, 0.15) is 11.1 Å². The van der Waals surface area contributed by atoms with E-state index in [9.17, 15) is 0 Å². The number of halogens is 1. The summed E-state index contributed by atoms with van der Waals surface area (Å²) in [6.45, 7) is 4.11. The number of hydrogen-bond acceptors (Lipinski definition) is 5. The topological polar surface area (TPSA) is 63.3 Å². The third kappa shape index (κ3) is 3.76. The van der Waals surface area contributed by atoms with Gasteiger partial charge < -0.3 is 4.42 Å². The quantitative estimate of drug-likeness (QED) is 0.347. The van der Waals surface area contributed by atoms with Crippen molar-refractivity contribution < 1.29 is 4.42 Å². The monoisotopic (exact) mass is 426 g/mol. The molecule has 0 saturated heterocycles. The number of nitrogens with zero attached hydrogens (tertiary/aromatic N) is 3. The largest absolute Gasteiger partial charge is 0.456 e. The molecule has 6 heteroatoms. The van der Waals surface area contributed by atoms with Crippen molar-refractivity contribution in [2.45, 2.75) is 13.8 Å². The van der Waals surface area contributed by atoms with Crippen LogP contribution in [-0.2, 0) is 0 Å². The molecule has 0 saturated carbocycles. The molecule has 31 heavy (non-hydrogen) atoms. The van der Waals surface area contributed by atoms with Crippen LogP contribution in [0.2, 0.25) is 5.02 Å². The van der Waals surface area contributed by atoms with Crippen LogP contribution in [0.4, 0.5) is 5.82 Å². The van der Waals surface area contributed by atoms with E-state index in [0.29, 0.717) is 16.6 Å². The van der Waals surface area contributed by atoms with Crippen LogP contribution in [0, 0.1) is 13.8 Å². The van der Waals surface area contributed by atoms with Crippen molar-refractivity contribution in [3.05, 3.63) is 94.6 Å². The van der Waals surface area contributed by atoms with E-state index in [1.165, 1.54) is 6.33 Å². The summed E-state index contributed by atoms with van der Waals surface area (Å²) >= 11 is 6.06. The molecular weight excluding hydrogens is 408 g/mol. The molecule has 0 spiro atoms. The Kier molecular flexibility index (Phi) is 4.88. The molecule has 0 aliphatic carbocycles. The second-order valence-corrected chi connectivity index (χ2v) is 7.86. The molecule has 0 fully saturated rings. The fourth-order valence-corrected chi connectivity index (χ4v) is 3.80. The fourth-order valence-electron chi connectivity index (χ4n) is 3.68. The van der Waals surface area contributed by atoms with Gasteiger partial charge >= 0.3 is 0 Å². The molecule has 3 aromatic carbocycles. The van der Waals surface area contributed by atoms with Crippen LogP contribution in [0.25, 0.3) is 33.2 Å². The van der Waals surface area contributed by atoms with Gasteiger partial charge in [-0.05, 0) is 67.4 Å². The molecule has 0 atom stereocenters. The van der Waals surface area contributed by atoms with Crippen molar-refractivity contribution in [2.24, 2.45) is 5.10 Å². The maximum atomic E-state index is 6.28. The lowest BCUT2D eigenvalue weighted by Crippen LogP contribution is -2.09. The van der Waals surface area contributed by atoms with Gasteiger partial charge in [-0.25, -0.2) is 9.97 Å². The van der Waals surface area contributed by atoms with E-state index in [4.69, 9.17) is 21.1 Å². The van der Waals surface area contributed by atoms with E-state index in [1.54, 1.807) is 0 Å². The van der Waals surface area contributed by atoms with Crippen molar-refractivity contribution in [2.75, 3.05) is 5.43 Å². The molecule has 5 nitrogen and oxygen atoms in total. The highest BCUT2D eigenvalue weighted by atomic mass is 35.5. The zero-order valence-electron chi connectivity index (χ0n) is 17.1. The first-order valence-corrected chi connectivity index (χ1v) is 10.3. The summed E-state index contributed by atoms with van der Waals surface area (Å²) in [6, 6.07) is 21.5. The minimum atomic E-state index is 0.650. The van der Waals surface area contributed by atoms with Crippen molar-refractivity contribution >= 4 is 39.3 Å². The van der Waals surface area contributed by atoms with Gasteiger partial charge in [-0.2, -0.15) is 5.10 Å². The van der Waals surface area contributed by atoms with Gasteiger partial charge in [0, 0.05) is 27.4 Å². The average molecular weight is 427 g/mol. The summed E-state index contributed by atoms with van der Waals surface area (Å²) in [7, 11) is 0. The van der Waals surface area contributed by atoms with Crippen LogP contribution < -0.4 is 10.8 Å². The first kappa shape index (κ1) is 19.3. The van der Waals surface area contributed by atoms with E-state index in [2.05, 4.69) is 34.5 Å². The number of para-hydroxylation sites is 1. The third-order valence-electron chi connectivity index (χ3n) is 5.13. The second kappa shape index (κ2) is 7.85. The Morgan fingerprint density at radius 1 is 0.903 bits per heavy atom. The van der Waals surface area contributed by atoms with Crippen LogP contribution in [0.3, 0.4) is 0 Å². The van der Waals surface area contributed by atoms with Crippen molar-refractivity contribution in [1.29, 1.82) is 0 Å². The maximum absolute atomic E-state index is 6.28. The normalized spacial score (nSPS) is 11.9. The maximum Gasteiger partial charge on any atom is 0.157 e. The number of anilines is 1. The van der Waals surface area contributed by atoms with Gasteiger partial charge in [0.15, 0.2) is 5.82 Å². The van der Waals surface area contributed by atoms with Crippen LogP contribution >= 0.6 is 11.6 Å². The lowest BCUT2D eigenvalue weighted by molar-refractivity contribution is 0.615. The number of nitrogens with one attached hydrogen (secondary N) is 1. The number of fused-ring (bicyclic) bond motifs is 2. The zero-order valence-corrected chi connectivity index (χ0v) is 17.8. The lowest BCUT2D eigenvalue weighted by Gasteiger charge is -2.09. The van der Waals surface area contributed by atoms with Gasteiger partial charge in [-0.15, -0.1) is 0 Å². The molecule has 152 valence electrons. The van der Waals surface area contributed by atoms with Crippen LogP contribution in [0.15, 0.2) is 82.6 Å². The Labute approximate surface area is 184 Å². The van der Waals surface area contributed by atoms with Gasteiger partial charge in [0.2, 0.25) is 0 Å². The summed E-state index contributed by atoms with van der Waals surface area (Å²) < 4.78 is 6.28. The molecule has 0 bridgehead atoms. The highest BCUT2D eigenvalue weighted by Gasteiger charge is 2.10. The van der Waals surface area contributed by atoms with Crippen molar-refractivity contribution in [3.8, 4) is 11.3 Å². The third-order valence-corrected chi connectivity index (χ3v) is 5.38. The molecule has 2 aromatic heterocycles. The highest BCUT2D eigenvalue weighted by Crippen LogP contribution is 2.26. The number of benzene rings is 3. The molecular formula is C25H19ClN4O. The zero-order chi connectivity index (χ0) is 21.4. The van der Waals surface area contributed by atoms with E-state index in [0.717, 1.165) is 43.9 Å². The first-order chi connectivity index (χ1) is 15.1. The Morgan fingerprint density at radius 3 is 2.55 bits per heavy atom. The Morgan fingerprint density at radius 2 is 1.71 bits per heavy atom. The van der Waals surface area contributed by atoms with E-state index in [-0.39, 0.29) is 0 Å². The van der Waals surface area contributed by atoms with Gasteiger partial charge in [0.05, 0.1) is 10.9 Å². The summed E-state index contributed by atoms with van der Waals surface area (Å²) in [5.74, 6) is 1.36. The van der Waals surface area contributed by atoms with E-state index < -0.39 is 0 Å². The Hall–Kier alpha value is -3.70. The van der Waals surface area contributed by atoms with Crippen molar-refractivity contribution in [1.82, 2.24) is 9.97 Å².